The lowest BCUT2D eigenvalue weighted by atomic mass is 10.2. The average Bonchev–Trinajstić information content (AvgIpc) is 2.95. The van der Waals surface area contributed by atoms with Crippen LogP contribution in [0.2, 0.25) is 0 Å². The number of rotatable bonds is 5. The monoisotopic (exact) mass is 400 g/mol. The molecule has 1 aliphatic rings. The lowest BCUT2D eigenvalue weighted by Gasteiger charge is -2.21. The lowest BCUT2D eigenvalue weighted by Crippen LogP contribution is -2.25. The molecule has 0 aliphatic carbocycles. The van der Waals surface area contributed by atoms with E-state index in [-0.39, 0.29) is 37.3 Å². The topological polar surface area (TPSA) is 84.4 Å². The van der Waals surface area contributed by atoms with E-state index < -0.39 is 0 Å². The van der Waals surface area contributed by atoms with Crippen LogP contribution < -0.4 is 16.0 Å². The smallest absolute Gasteiger partial charge is 0.254 e. The highest BCUT2D eigenvalue weighted by Gasteiger charge is 2.12. The first kappa shape index (κ1) is 22.3. The molecular formula is C18H26Cl2N4O2. The Morgan fingerprint density at radius 3 is 2.50 bits per heavy atom. The summed E-state index contributed by atoms with van der Waals surface area (Å²) in [5.74, 6) is 1.45. The Labute approximate surface area is 166 Å². The number of hydrogen-bond acceptors (Lipinski definition) is 5. The summed E-state index contributed by atoms with van der Waals surface area (Å²) in [5, 5.41) is 2.87. The Bertz CT molecular complexity index is 668. The number of carbonyl (C=O) groups is 1. The average molecular weight is 401 g/mol. The molecule has 1 saturated heterocycles. The van der Waals surface area contributed by atoms with Crippen molar-refractivity contribution < 1.29 is 9.21 Å². The summed E-state index contributed by atoms with van der Waals surface area (Å²) in [6, 6.07) is 5.72. The van der Waals surface area contributed by atoms with Crippen LogP contribution >= 0.6 is 24.8 Å². The third-order valence-corrected chi connectivity index (χ3v) is 4.31. The van der Waals surface area contributed by atoms with Gasteiger partial charge in [-0.2, -0.15) is 0 Å². The first-order chi connectivity index (χ1) is 11.8. The Balaban J connectivity index is 0.00000169. The molecule has 0 saturated carbocycles. The van der Waals surface area contributed by atoms with Gasteiger partial charge in [0.05, 0.1) is 12.1 Å². The molecular weight excluding hydrogens is 375 g/mol. The van der Waals surface area contributed by atoms with Crippen molar-refractivity contribution in [3.8, 4) is 0 Å². The summed E-state index contributed by atoms with van der Waals surface area (Å²) in [7, 11) is 0. The number of carbonyl (C=O) groups excluding carboxylic acids is 1. The van der Waals surface area contributed by atoms with E-state index in [1.807, 2.05) is 18.3 Å². The van der Waals surface area contributed by atoms with Crippen molar-refractivity contribution in [1.29, 1.82) is 0 Å². The molecule has 0 unspecified atom stereocenters. The maximum absolute atomic E-state index is 12.1. The van der Waals surface area contributed by atoms with E-state index in [0.29, 0.717) is 17.9 Å². The van der Waals surface area contributed by atoms with Gasteiger partial charge >= 0.3 is 0 Å². The fourth-order valence-electron chi connectivity index (χ4n) is 2.90. The highest BCUT2D eigenvalue weighted by molar-refractivity contribution is 5.93. The molecule has 3 heterocycles. The number of furan rings is 1. The van der Waals surface area contributed by atoms with Crippen molar-refractivity contribution in [2.24, 2.45) is 5.73 Å². The fourth-order valence-corrected chi connectivity index (χ4v) is 2.90. The molecule has 1 amide bonds. The SMILES string of the molecule is Cl.Cl.NCc1cc(C(=O)NCc2ccc(N3CCCCCC3)nc2)co1. The molecule has 1 fully saturated rings. The largest absolute Gasteiger partial charge is 0.467 e. The van der Waals surface area contributed by atoms with Gasteiger partial charge < -0.3 is 20.4 Å². The normalized spacial score (nSPS) is 14.0. The minimum Gasteiger partial charge on any atom is -0.467 e. The molecule has 144 valence electrons. The van der Waals surface area contributed by atoms with E-state index >= 15 is 0 Å². The summed E-state index contributed by atoms with van der Waals surface area (Å²) in [4.78, 5) is 19.0. The van der Waals surface area contributed by atoms with E-state index in [2.05, 4.69) is 15.2 Å². The van der Waals surface area contributed by atoms with Crippen LogP contribution in [0.3, 0.4) is 0 Å². The molecule has 26 heavy (non-hydrogen) atoms. The second kappa shape index (κ2) is 11.1. The van der Waals surface area contributed by atoms with Crippen LogP contribution in [0.1, 0.15) is 47.4 Å². The van der Waals surface area contributed by atoms with Crippen LogP contribution in [0.25, 0.3) is 0 Å². The first-order valence-electron chi connectivity index (χ1n) is 8.52. The van der Waals surface area contributed by atoms with Gasteiger partial charge in [-0.05, 0) is 30.5 Å². The van der Waals surface area contributed by atoms with Gasteiger partial charge in [-0.1, -0.05) is 18.9 Å². The molecule has 3 N–H and O–H groups in total. The van der Waals surface area contributed by atoms with Gasteiger partial charge in [-0.15, -0.1) is 24.8 Å². The molecule has 0 atom stereocenters. The number of pyridine rings is 1. The summed E-state index contributed by atoms with van der Waals surface area (Å²) < 4.78 is 5.18. The van der Waals surface area contributed by atoms with Crippen LogP contribution in [-0.2, 0) is 13.1 Å². The summed E-state index contributed by atoms with van der Waals surface area (Å²) in [6.07, 6.45) is 8.34. The van der Waals surface area contributed by atoms with Crippen molar-refractivity contribution in [1.82, 2.24) is 10.3 Å². The molecule has 2 aromatic rings. The molecule has 0 radical (unpaired) electrons. The maximum atomic E-state index is 12.1. The number of aromatic nitrogens is 1. The summed E-state index contributed by atoms with van der Waals surface area (Å²) >= 11 is 0. The van der Waals surface area contributed by atoms with Gasteiger partial charge in [-0.3, -0.25) is 4.79 Å². The molecule has 2 aromatic heterocycles. The molecule has 0 aromatic carbocycles. The van der Waals surface area contributed by atoms with E-state index in [4.69, 9.17) is 10.2 Å². The minimum atomic E-state index is -0.171. The number of hydrogen-bond donors (Lipinski definition) is 2. The van der Waals surface area contributed by atoms with Crippen LogP contribution in [0.4, 0.5) is 5.82 Å². The van der Waals surface area contributed by atoms with Crippen molar-refractivity contribution in [2.45, 2.75) is 38.8 Å². The van der Waals surface area contributed by atoms with Gasteiger partial charge in [0.2, 0.25) is 0 Å². The van der Waals surface area contributed by atoms with E-state index in [9.17, 15) is 4.79 Å². The van der Waals surface area contributed by atoms with Crippen LogP contribution in [0, 0.1) is 0 Å². The zero-order chi connectivity index (χ0) is 16.8. The van der Waals surface area contributed by atoms with E-state index in [1.165, 1.54) is 31.9 Å². The number of anilines is 1. The predicted octanol–water partition coefficient (Wildman–Crippen LogP) is 3.29. The Kier molecular flexibility index (Phi) is 9.48. The summed E-state index contributed by atoms with van der Waals surface area (Å²) in [6.45, 7) is 2.88. The van der Waals surface area contributed by atoms with Crippen LogP contribution in [0.15, 0.2) is 35.1 Å². The number of halogens is 2. The van der Waals surface area contributed by atoms with Crippen molar-refractivity contribution in [3.05, 3.63) is 47.5 Å². The van der Waals surface area contributed by atoms with Gasteiger partial charge in [-0.25, -0.2) is 4.98 Å². The van der Waals surface area contributed by atoms with Gasteiger partial charge in [0.15, 0.2) is 0 Å². The van der Waals surface area contributed by atoms with Gasteiger partial charge in [0, 0.05) is 25.8 Å². The van der Waals surface area contributed by atoms with Crippen molar-refractivity contribution in [3.63, 3.8) is 0 Å². The third-order valence-electron chi connectivity index (χ3n) is 4.31. The molecule has 0 bridgehead atoms. The zero-order valence-electron chi connectivity index (χ0n) is 14.6. The van der Waals surface area contributed by atoms with Crippen molar-refractivity contribution in [2.75, 3.05) is 18.0 Å². The zero-order valence-corrected chi connectivity index (χ0v) is 16.3. The molecule has 1 aliphatic heterocycles. The quantitative estimate of drug-likeness (QED) is 0.803. The third kappa shape index (κ3) is 5.90. The lowest BCUT2D eigenvalue weighted by molar-refractivity contribution is 0.0950. The standard InChI is InChI=1S/C18H24N4O2.2ClH/c19-10-16-9-15(13-24-16)18(23)21-12-14-5-6-17(20-11-14)22-7-3-1-2-4-8-22;;/h5-6,9,11,13H,1-4,7-8,10,12,19H2,(H,21,23);2*1H. The number of nitrogens with two attached hydrogens (primary N) is 1. The second-order valence-electron chi connectivity index (χ2n) is 6.11. The molecule has 0 spiro atoms. The molecule has 6 nitrogen and oxygen atoms in total. The Hall–Kier alpha value is -1.76. The fraction of sp³-hybridized carbons (Fsp3) is 0.444. The minimum absolute atomic E-state index is 0. The number of nitrogens with zero attached hydrogens (tertiary/aromatic N) is 2. The first-order valence-corrected chi connectivity index (χ1v) is 8.52. The summed E-state index contributed by atoms with van der Waals surface area (Å²) in [5.41, 5.74) is 6.94. The van der Waals surface area contributed by atoms with Crippen LogP contribution in [-0.4, -0.2) is 24.0 Å². The molecule has 3 rings (SSSR count). The second-order valence-corrected chi connectivity index (χ2v) is 6.11. The van der Waals surface area contributed by atoms with Gasteiger partial charge in [0.1, 0.15) is 17.8 Å². The van der Waals surface area contributed by atoms with E-state index in [1.54, 1.807) is 6.07 Å². The van der Waals surface area contributed by atoms with E-state index in [0.717, 1.165) is 24.5 Å². The number of amides is 1. The van der Waals surface area contributed by atoms with Crippen LogP contribution in [0.5, 0.6) is 0 Å². The highest BCUT2D eigenvalue weighted by Crippen LogP contribution is 2.17. The molecule has 8 heteroatoms. The maximum Gasteiger partial charge on any atom is 0.254 e. The van der Waals surface area contributed by atoms with Gasteiger partial charge in [0.25, 0.3) is 5.91 Å². The Morgan fingerprint density at radius 2 is 1.92 bits per heavy atom. The highest BCUT2D eigenvalue weighted by atomic mass is 35.5. The number of nitrogens with one attached hydrogen (secondary N) is 1. The van der Waals surface area contributed by atoms with Crippen molar-refractivity contribution >= 4 is 36.5 Å². The predicted molar refractivity (Wildman–Crippen MR) is 107 cm³/mol. The Morgan fingerprint density at radius 1 is 1.19 bits per heavy atom.